The van der Waals surface area contributed by atoms with Crippen LogP contribution in [0.15, 0.2) is 36.9 Å². The lowest BCUT2D eigenvalue weighted by atomic mass is 9.51. The van der Waals surface area contributed by atoms with E-state index in [0.717, 1.165) is 30.8 Å². The fourth-order valence-electron chi connectivity index (χ4n) is 7.38. The first-order valence-electron chi connectivity index (χ1n) is 9.01. The molecular formula is C20H22N2O2. The van der Waals surface area contributed by atoms with E-state index in [4.69, 9.17) is 4.74 Å². The Morgan fingerprint density at radius 1 is 1.42 bits per heavy atom. The van der Waals surface area contributed by atoms with Gasteiger partial charge in [-0.3, -0.25) is 4.79 Å². The second kappa shape index (κ2) is 3.94. The predicted octanol–water partition coefficient (Wildman–Crippen LogP) is 2.03. The lowest BCUT2D eigenvalue weighted by molar-refractivity contribution is -0.153. The standard InChI is InChI=1S/C20H22N2O2/c1-3-19-10-22(2)16-11-9-24-15(8-13(11)19)20(17(16)19)12-6-4-5-7-14(12)21-18(20)23/h3-7,11,13,15-17H,1,8-10H2,2H3,(H,21,23)/t11-,13+,15-,16+,17-,19-,20-/m1/s1. The van der Waals surface area contributed by atoms with Crippen molar-refractivity contribution in [3.63, 3.8) is 0 Å². The number of nitrogens with zero attached hydrogens (tertiary/aromatic N) is 1. The average molecular weight is 322 g/mol. The maximum absolute atomic E-state index is 13.4. The van der Waals surface area contributed by atoms with Gasteiger partial charge < -0.3 is 15.0 Å². The van der Waals surface area contributed by atoms with Crippen molar-refractivity contribution in [2.75, 3.05) is 25.5 Å². The van der Waals surface area contributed by atoms with Crippen molar-refractivity contribution in [1.82, 2.24) is 4.90 Å². The molecule has 1 spiro atoms. The van der Waals surface area contributed by atoms with Crippen LogP contribution in [-0.4, -0.2) is 43.2 Å². The summed E-state index contributed by atoms with van der Waals surface area (Å²) in [6, 6.07) is 8.64. The molecule has 1 aromatic rings. The quantitative estimate of drug-likeness (QED) is 0.805. The minimum absolute atomic E-state index is 0.00280. The van der Waals surface area contributed by atoms with Crippen LogP contribution in [0.3, 0.4) is 0 Å². The number of carbonyl (C=O) groups is 1. The highest BCUT2D eigenvalue weighted by Gasteiger charge is 2.79. The van der Waals surface area contributed by atoms with Crippen LogP contribution in [-0.2, 0) is 14.9 Å². The summed E-state index contributed by atoms with van der Waals surface area (Å²) in [4.78, 5) is 15.9. The number of hydrogen-bond donors (Lipinski definition) is 1. The van der Waals surface area contributed by atoms with Crippen molar-refractivity contribution in [2.24, 2.45) is 23.2 Å². The molecule has 4 fully saturated rings. The first-order valence-corrected chi connectivity index (χ1v) is 9.01. The molecule has 1 aromatic carbocycles. The maximum atomic E-state index is 13.4. The summed E-state index contributed by atoms with van der Waals surface area (Å²) in [5, 5.41) is 3.18. The highest BCUT2D eigenvalue weighted by Crippen LogP contribution is 2.73. The number of likely N-dealkylation sites (tertiary alicyclic amines) is 1. The molecule has 124 valence electrons. The van der Waals surface area contributed by atoms with E-state index in [1.54, 1.807) is 0 Å². The van der Waals surface area contributed by atoms with Gasteiger partial charge in [-0.05, 0) is 31.0 Å². The van der Waals surface area contributed by atoms with Gasteiger partial charge in [-0.25, -0.2) is 0 Å². The van der Waals surface area contributed by atoms with Crippen LogP contribution in [0.25, 0.3) is 0 Å². The van der Waals surface area contributed by atoms with Gasteiger partial charge in [-0.15, -0.1) is 6.58 Å². The zero-order chi connectivity index (χ0) is 16.3. The summed E-state index contributed by atoms with van der Waals surface area (Å²) < 4.78 is 6.34. The van der Waals surface area contributed by atoms with E-state index in [0.29, 0.717) is 17.9 Å². The smallest absolute Gasteiger partial charge is 0.238 e. The fourth-order valence-corrected chi connectivity index (χ4v) is 7.38. The zero-order valence-electron chi connectivity index (χ0n) is 13.9. The second-order valence-corrected chi connectivity index (χ2v) is 8.40. The van der Waals surface area contributed by atoms with E-state index in [-0.39, 0.29) is 23.3 Å². The highest BCUT2D eigenvalue weighted by atomic mass is 16.5. The van der Waals surface area contributed by atoms with Gasteiger partial charge in [0.1, 0.15) is 5.41 Å². The molecule has 2 aliphatic carbocycles. The largest absolute Gasteiger partial charge is 0.376 e. The van der Waals surface area contributed by atoms with Gasteiger partial charge >= 0.3 is 0 Å². The molecular weight excluding hydrogens is 300 g/mol. The van der Waals surface area contributed by atoms with E-state index in [1.807, 2.05) is 12.1 Å². The Kier molecular flexibility index (Phi) is 2.24. The summed E-state index contributed by atoms with van der Waals surface area (Å²) >= 11 is 0. The molecule has 6 rings (SSSR count). The second-order valence-electron chi connectivity index (χ2n) is 8.40. The van der Waals surface area contributed by atoms with Gasteiger partial charge in [-0.2, -0.15) is 0 Å². The summed E-state index contributed by atoms with van der Waals surface area (Å²) in [6.07, 6.45) is 3.17. The third-order valence-electron chi connectivity index (χ3n) is 7.93. The Morgan fingerprint density at radius 2 is 2.25 bits per heavy atom. The first kappa shape index (κ1) is 13.6. The summed E-state index contributed by atoms with van der Waals surface area (Å²) in [5.41, 5.74) is 1.61. The number of ether oxygens (including phenoxy) is 1. The van der Waals surface area contributed by atoms with Crippen LogP contribution < -0.4 is 5.32 Å². The summed E-state index contributed by atoms with van der Waals surface area (Å²) in [7, 11) is 2.21. The van der Waals surface area contributed by atoms with Crippen LogP contribution in [0.5, 0.6) is 0 Å². The summed E-state index contributed by atoms with van der Waals surface area (Å²) in [6.45, 7) is 6.06. The monoisotopic (exact) mass is 322 g/mol. The molecule has 7 atom stereocenters. The number of hydrogen-bond acceptors (Lipinski definition) is 3. The number of rotatable bonds is 1. The van der Waals surface area contributed by atoms with Crippen molar-refractivity contribution in [3.8, 4) is 0 Å². The molecule has 2 saturated carbocycles. The van der Waals surface area contributed by atoms with E-state index in [1.165, 1.54) is 0 Å². The fraction of sp³-hybridized carbons (Fsp3) is 0.550. The third kappa shape index (κ3) is 1.12. The lowest BCUT2D eigenvalue weighted by Crippen LogP contribution is -2.62. The van der Waals surface area contributed by atoms with Gasteiger partial charge in [0.25, 0.3) is 0 Å². The molecule has 4 heteroatoms. The molecule has 5 aliphatic rings. The van der Waals surface area contributed by atoms with Gasteiger partial charge in [0, 0.05) is 35.5 Å². The van der Waals surface area contributed by atoms with Gasteiger partial charge in [0.15, 0.2) is 0 Å². The molecule has 0 radical (unpaired) electrons. The molecule has 3 heterocycles. The molecule has 0 aromatic heterocycles. The van der Waals surface area contributed by atoms with Crippen LogP contribution in [0.4, 0.5) is 5.69 Å². The Bertz CT molecular complexity index is 792. The minimum atomic E-state index is -0.554. The number of carbonyl (C=O) groups excluding carboxylic acids is 1. The number of amides is 1. The molecule has 5 bridgehead atoms. The minimum Gasteiger partial charge on any atom is -0.376 e. The topological polar surface area (TPSA) is 41.6 Å². The Balaban J connectivity index is 1.69. The highest BCUT2D eigenvalue weighted by molar-refractivity contribution is 6.07. The number of nitrogens with one attached hydrogen (secondary N) is 1. The average Bonchev–Trinajstić information content (AvgIpc) is 3.08. The van der Waals surface area contributed by atoms with Crippen LogP contribution in [0.2, 0.25) is 0 Å². The Hall–Kier alpha value is -1.65. The normalized spacial score (nSPS) is 50.4. The predicted molar refractivity (Wildman–Crippen MR) is 90.6 cm³/mol. The number of benzene rings is 1. The maximum Gasteiger partial charge on any atom is 0.238 e. The molecule has 4 nitrogen and oxygen atoms in total. The molecule has 24 heavy (non-hydrogen) atoms. The Labute approximate surface area is 141 Å². The molecule has 2 saturated heterocycles. The number of anilines is 1. The van der Waals surface area contributed by atoms with Gasteiger partial charge in [0.05, 0.1) is 12.7 Å². The van der Waals surface area contributed by atoms with E-state index in [2.05, 4.69) is 42.1 Å². The number of para-hydroxylation sites is 1. The number of piperidine rings is 1. The van der Waals surface area contributed by atoms with Crippen LogP contribution in [0, 0.1) is 23.2 Å². The van der Waals surface area contributed by atoms with Gasteiger partial charge in [-0.1, -0.05) is 24.3 Å². The van der Waals surface area contributed by atoms with Gasteiger partial charge in [0.2, 0.25) is 5.91 Å². The SMILES string of the molecule is C=C[C@@]12CN(C)[C@H]3[C@@H]4CO[C@H](C[C@@H]41)[C@@]1(C(=O)Nc4ccccc41)[C@H]32. The first-order chi connectivity index (χ1) is 11.6. The van der Waals surface area contributed by atoms with E-state index >= 15 is 0 Å². The molecule has 1 amide bonds. The lowest BCUT2D eigenvalue weighted by Gasteiger charge is -2.54. The van der Waals surface area contributed by atoms with Crippen molar-refractivity contribution in [2.45, 2.75) is 24.0 Å². The van der Waals surface area contributed by atoms with Crippen molar-refractivity contribution < 1.29 is 9.53 Å². The van der Waals surface area contributed by atoms with Crippen molar-refractivity contribution in [3.05, 3.63) is 42.5 Å². The van der Waals surface area contributed by atoms with Crippen molar-refractivity contribution >= 4 is 11.6 Å². The Morgan fingerprint density at radius 3 is 3.08 bits per heavy atom. The van der Waals surface area contributed by atoms with Crippen molar-refractivity contribution in [1.29, 1.82) is 0 Å². The molecule has 0 unspecified atom stereocenters. The van der Waals surface area contributed by atoms with Crippen LogP contribution in [0.1, 0.15) is 12.0 Å². The van der Waals surface area contributed by atoms with E-state index in [9.17, 15) is 4.79 Å². The summed E-state index contributed by atoms with van der Waals surface area (Å²) in [5.74, 6) is 1.56. The molecule has 1 N–H and O–H groups in total. The molecule has 3 aliphatic heterocycles. The zero-order valence-corrected chi connectivity index (χ0v) is 13.9. The van der Waals surface area contributed by atoms with E-state index < -0.39 is 5.41 Å². The number of fused-ring (bicyclic) bond motifs is 5. The third-order valence-corrected chi connectivity index (χ3v) is 7.93. The van der Waals surface area contributed by atoms with Crippen LogP contribution >= 0.6 is 0 Å².